The number of rotatable bonds is 36. The van der Waals surface area contributed by atoms with Gasteiger partial charge in [0, 0.05) is 0 Å². The van der Waals surface area contributed by atoms with Crippen LogP contribution in [0.2, 0.25) is 0 Å². The predicted octanol–water partition coefficient (Wildman–Crippen LogP) is 6.78. The third-order valence-electron chi connectivity index (χ3n) is 8.18. The van der Waals surface area contributed by atoms with Crippen LogP contribution in [0.1, 0.15) is 213 Å². The summed E-state index contributed by atoms with van der Waals surface area (Å²) >= 11 is 0. The van der Waals surface area contributed by atoms with E-state index in [2.05, 4.69) is 33.3 Å². The standard InChI is InChI=1S/3C12H26O4S.Ca.Na/c3*1-2-3-4-5-6-7-8-9-10-11-12-16-17(13,14)15;;/h3*2-12H2,1H3,(H,13,14,15);;/q;;;+2;+1/p-3. The van der Waals surface area contributed by atoms with Crippen LogP contribution in [-0.2, 0) is 43.7 Å². The van der Waals surface area contributed by atoms with Crippen LogP contribution in [0, 0.1) is 0 Å². The average Bonchev–Trinajstić information content (AvgIpc) is 3.04. The van der Waals surface area contributed by atoms with Crippen molar-refractivity contribution < 1.29 is 81.0 Å². The van der Waals surface area contributed by atoms with Crippen molar-refractivity contribution in [2.45, 2.75) is 213 Å². The van der Waals surface area contributed by atoms with E-state index >= 15 is 0 Å². The van der Waals surface area contributed by atoms with Gasteiger partial charge in [-0.15, -0.1) is 0 Å². The Kier molecular flexibility index (Phi) is 58.3. The Hall–Kier alpha value is 1.87. The second-order valence-corrected chi connectivity index (χ2v) is 16.4. The zero-order valence-electron chi connectivity index (χ0n) is 34.2. The van der Waals surface area contributed by atoms with E-state index in [0.717, 1.165) is 38.5 Å². The van der Waals surface area contributed by atoms with Crippen LogP contribution in [0.4, 0.5) is 0 Å². The SMILES string of the molecule is CCCCCCCCCCCCOS(=O)(=O)[O-].CCCCCCCCCCCCOS(=O)(=O)[O-].CCCCCCCCCCCCOS(=O)(=O)[O-].[Ca+2].[Na+]. The quantitative estimate of drug-likeness (QED) is 0.0278. The summed E-state index contributed by atoms with van der Waals surface area (Å²) in [7, 11) is -13.5. The minimum atomic E-state index is -4.48. The molecule has 0 saturated carbocycles. The third kappa shape index (κ3) is 75.3. The van der Waals surface area contributed by atoms with Gasteiger partial charge in [-0.1, -0.05) is 194 Å². The van der Waals surface area contributed by atoms with Gasteiger partial charge in [-0.05, 0) is 19.3 Å². The molecule has 0 aliphatic rings. The van der Waals surface area contributed by atoms with Crippen molar-refractivity contribution in [3.63, 3.8) is 0 Å². The van der Waals surface area contributed by atoms with Gasteiger partial charge in [0.25, 0.3) is 0 Å². The maximum absolute atomic E-state index is 10.1. The van der Waals surface area contributed by atoms with Gasteiger partial charge in [0.15, 0.2) is 0 Å². The molecule has 0 aromatic heterocycles. The Morgan fingerprint density at radius 3 is 0.566 bits per heavy atom. The summed E-state index contributed by atoms with van der Waals surface area (Å²) in [4.78, 5) is 0. The van der Waals surface area contributed by atoms with Crippen LogP contribution in [-0.4, -0.2) is 96.5 Å². The van der Waals surface area contributed by atoms with Crippen LogP contribution >= 0.6 is 0 Å². The summed E-state index contributed by atoms with van der Waals surface area (Å²) in [5.74, 6) is 0. The topological polar surface area (TPSA) is 199 Å². The van der Waals surface area contributed by atoms with Crippen molar-refractivity contribution in [2.24, 2.45) is 0 Å². The van der Waals surface area contributed by atoms with E-state index in [1.807, 2.05) is 0 Å². The average molecular weight is 859 g/mol. The van der Waals surface area contributed by atoms with Crippen molar-refractivity contribution in [1.82, 2.24) is 0 Å². The monoisotopic (exact) mass is 858 g/mol. The summed E-state index contributed by atoms with van der Waals surface area (Å²) in [5, 5.41) is 0. The molecule has 0 fully saturated rings. The molecule has 0 atom stereocenters. The van der Waals surface area contributed by atoms with Gasteiger partial charge in [0.05, 0.1) is 19.8 Å². The fourth-order valence-electron chi connectivity index (χ4n) is 5.25. The molecule has 0 rings (SSSR count). The van der Waals surface area contributed by atoms with Crippen molar-refractivity contribution in [3.05, 3.63) is 0 Å². The minimum absolute atomic E-state index is 0. The molecule has 17 heteroatoms. The van der Waals surface area contributed by atoms with Crippen LogP contribution in [0.15, 0.2) is 0 Å². The van der Waals surface area contributed by atoms with E-state index in [1.165, 1.54) is 135 Å². The molecule has 0 aliphatic heterocycles. The van der Waals surface area contributed by atoms with Crippen LogP contribution in [0.5, 0.6) is 0 Å². The van der Waals surface area contributed by atoms with E-state index in [9.17, 15) is 38.9 Å². The Labute approximate surface area is 379 Å². The fraction of sp³-hybridized carbons (Fsp3) is 1.00. The normalized spacial score (nSPS) is 11.4. The van der Waals surface area contributed by atoms with Crippen molar-refractivity contribution in [2.75, 3.05) is 19.8 Å². The maximum Gasteiger partial charge on any atom is 2.00 e. The van der Waals surface area contributed by atoms with Gasteiger partial charge in [0.2, 0.25) is 31.2 Å². The molecule has 0 aromatic rings. The summed E-state index contributed by atoms with van der Waals surface area (Å²) in [6, 6.07) is 0. The van der Waals surface area contributed by atoms with E-state index in [4.69, 9.17) is 0 Å². The van der Waals surface area contributed by atoms with Gasteiger partial charge >= 0.3 is 67.3 Å². The molecular weight excluding hydrogens is 784 g/mol. The largest absolute Gasteiger partial charge is 2.00 e. The van der Waals surface area contributed by atoms with Crippen molar-refractivity contribution >= 4 is 68.9 Å². The molecule has 0 unspecified atom stereocenters. The van der Waals surface area contributed by atoms with Crippen molar-refractivity contribution in [1.29, 1.82) is 0 Å². The molecule has 0 bridgehead atoms. The summed E-state index contributed by atoms with van der Waals surface area (Å²) in [5.41, 5.74) is 0. The summed E-state index contributed by atoms with van der Waals surface area (Å²) in [6.07, 6.45) is 35.1. The molecule has 0 radical (unpaired) electrons. The van der Waals surface area contributed by atoms with Crippen LogP contribution in [0.3, 0.4) is 0 Å². The summed E-state index contributed by atoms with van der Waals surface area (Å²) in [6.45, 7) is 6.73. The van der Waals surface area contributed by atoms with Crippen LogP contribution in [0.25, 0.3) is 0 Å². The molecule has 12 nitrogen and oxygen atoms in total. The Balaban J connectivity index is -0.000000213. The van der Waals surface area contributed by atoms with E-state index in [1.54, 1.807) is 0 Å². The van der Waals surface area contributed by atoms with Crippen molar-refractivity contribution in [3.8, 4) is 0 Å². The third-order valence-corrected chi connectivity index (χ3v) is 9.54. The number of unbranched alkanes of at least 4 members (excludes halogenated alkanes) is 27. The van der Waals surface area contributed by atoms with Gasteiger partial charge in [0.1, 0.15) is 0 Å². The first kappa shape index (κ1) is 64.0. The molecule has 0 spiro atoms. The Morgan fingerprint density at radius 2 is 0.434 bits per heavy atom. The molecule has 0 N–H and O–H groups in total. The smallest absolute Gasteiger partial charge is 0.726 e. The zero-order chi connectivity index (χ0) is 39.0. The minimum Gasteiger partial charge on any atom is -0.726 e. The van der Waals surface area contributed by atoms with Gasteiger partial charge in [-0.25, -0.2) is 25.3 Å². The van der Waals surface area contributed by atoms with Gasteiger partial charge in [-0.3, -0.25) is 12.5 Å². The molecule has 0 aromatic carbocycles. The molecule has 0 amide bonds. The number of hydrogen-bond acceptors (Lipinski definition) is 12. The van der Waals surface area contributed by atoms with Gasteiger partial charge < -0.3 is 13.7 Å². The first-order valence-electron chi connectivity index (χ1n) is 20.0. The summed E-state index contributed by atoms with van der Waals surface area (Å²) < 4.78 is 103. The first-order valence-corrected chi connectivity index (χ1v) is 24.0. The fourth-order valence-corrected chi connectivity index (χ4v) is 6.22. The maximum atomic E-state index is 10.1. The predicted molar refractivity (Wildman–Crippen MR) is 208 cm³/mol. The molecule has 0 aliphatic carbocycles. The van der Waals surface area contributed by atoms with Gasteiger partial charge in [-0.2, -0.15) is 0 Å². The Morgan fingerprint density at radius 1 is 0.302 bits per heavy atom. The zero-order valence-corrected chi connectivity index (χ0v) is 40.8. The number of hydrogen-bond donors (Lipinski definition) is 0. The molecule has 0 saturated heterocycles. The second-order valence-electron chi connectivity index (χ2n) is 13.2. The van der Waals surface area contributed by atoms with E-state index < -0.39 is 31.2 Å². The molecule has 53 heavy (non-hydrogen) atoms. The Bertz CT molecular complexity index is 890. The molecule has 0 heterocycles. The second kappa shape index (κ2) is 48.2. The van der Waals surface area contributed by atoms with Crippen LogP contribution < -0.4 is 29.6 Å². The van der Waals surface area contributed by atoms with E-state index in [0.29, 0.717) is 19.3 Å². The first-order chi connectivity index (χ1) is 24.2. The molecular formula is C36H75CaNaO12S3. The van der Waals surface area contributed by atoms with E-state index in [-0.39, 0.29) is 87.1 Å². The molecule has 312 valence electrons.